The van der Waals surface area contributed by atoms with Gasteiger partial charge in [0, 0.05) is 42.7 Å². The molecule has 1 aliphatic heterocycles. The van der Waals surface area contributed by atoms with Crippen molar-refractivity contribution in [1.82, 2.24) is 9.80 Å². The van der Waals surface area contributed by atoms with Gasteiger partial charge in [-0.15, -0.1) is 0 Å². The SMILES string of the molecule is Cc1ccccc1C(=O)N1CCC(C(=O)N(Cc2ccccc2F)C2CC2)CC1. The van der Waals surface area contributed by atoms with Crippen LogP contribution in [0, 0.1) is 18.7 Å². The maximum Gasteiger partial charge on any atom is 0.254 e. The second-order valence-corrected chi connectivity index (χ2v) is 8.17. The van der Waals surface area contributed by atoms with Gasteiger partial charge in [-0.25, -0.2) is 4.39 Å². The van der Waals surface area contributed by atoms with Crippen LogP contribution in [0.3, 0.4) is 0 Å². The molecule has 29 heavy (non-hydrogen) atoms. The summed E-state index contributed by atoms with van der Waals surface area (Å²) in [7, 11) is 0. The molecular weight excluding hydrogens is 367 g/mol. The van der Waals surface area contributed by atoms with Crippen molar-refractivity contribution in [2.75, 3.05) is 13.1 Å². The fourth-order valence-electron chi connectivity index (χ4n) is 4.13. The summed E-state index contributed by atoms with van der Waals surface area (Å²) in [6.45, 7) is 3.45. The molecule has 2 aromatic rings. The summed E-state index contributed by atoms with van der Waals surface area (Å²) in [5.74, 6) is -0.203. The third kappa shape index (κ3) is 4.34. The van der Waals surface area contributed by atoms with Crippen molar-refractivity contribution in [2.24, 2.45) is 5.92 Å². The minimum atomic E-state index is -0.260. The van der Waals surface area contributed by atoms with E-state index >= 15 is 0 Å². The highest BCUT2D eigenvalue weighted by Gasteiger charge is 2.37. The third-order valence-corrected chi connectivity index (χ3v) is 6.08. The van der Waals surface area contributed by atoms with E-state index in [4.69, 9.17) is 0 Å². The molecule has 1 saturated heterocycles. The fourth-order valence-corrected chi connectivity index (χ4v) is 4.13. The normalized spacial score (nSPS) is 17.2. The van der Waals surface area contributed by atoms with Crippen LogP contribution in [0.2, 0.25) is 0 Å². The van der Waals surface area contributed by atoms with Crippen LogP contribution in [0.15, 0.2) is 48.5 Å². The zero-order valence-corrected chi connectivity index (χ0v) is 16.8. The second kappa shape index (κ2) is 8.36. The monoisotopic (exact) mass is 394 g/mol. The molecule has 2 aromatic carbocycles. The van der Waals surface area contributed by atoms with Crippen LogP contribution in [0.5, 0.6) is 0 Å². The first-order valence-electron chi connectivity index (χ1n) is 10.4. The van der Waals surface area contributed by atoms with E-state index in [1.54, 1.807) is 12.1 Å². The molecule has 2 fully saturated rings. The van der Waals surface area contributed by atoms with E-state index in [9.17, 15) is 14.0 Å². The molecule has 1 aliphatic carbocycles. The lowest BCUT2D eigenvalue weighted by atomic mass is 9.94. The molecule has 0 bridgehead atoms. The highest BCUT2D eigenvalue weighted by atomic mass is 19.1. The summed E-state index contributed by atoms with van der Waals surface area (Å²) in [4.78, 5) is 29.7. The number of nitrogens with zero attached hydrogens (tertiary/aromatic N) is 2. The lowest BCUT2D eigenvalue weighted by Gasteiger charge is -2.34. The van der Waals surface area contributed by atoms with E-state index in [1.165, 1.54) is 6.07 Å². The molecule has 5 heteroatoms. The van der Waals surface area contributed by atoms with Crippen LogP contribution < -0.4 is 0 Å². The van der Waals surface area contributed by atoms with Crippen LogP contribution in [-0.4, -0.2) is 40.7 Å². The topological polar surface area (TPSA) is 40.6 Å². The zero-order chi connectivity index (χ0) is 20.4. The molecule has 4 rings (SSSR count). The van der Waals surface area contributed by atoms with E-state index in [0.29, 0.717) is 38.0 Å². The minimum absolute atomic E-state index is 0.0411. The molecule has 0 radical (unpaired) electrons. The summed E-state index contributed by atoms with van der Waals surface area (Å²) in [6, 6.07) is 14.5. The summed E-state index contributed by atoms with van der Waals surface area (Å²) in [6.07, 6.45) is 3.31. The van der Waals surface area contributed by atoms with E-state index in [2.05, 4.69) is 0 Å². The van der Waals surface area contributed by atoms with Gasteiger partial charge in [0.25, 0.3) is 5.91 Å². The summed E-state index contributed by atoms with van der Waals surface area (Å²) < 4.78 is 14.1. The first-order chi connectivity index (χ1) is 14.0. The summed E-state index contributed by atoms with van der Waals surface area (Å²) in [5, 5.41) is 0. The molecule has 0 spiro atoms. The number of halogens is 1. The Hall–Kier alpha value is -2.69. The first-order valence-corrected chi connectivity index (χ1v) is 10.4. The molecule has 4 nitrogen and oxygen atoms in total. The first kappa shape index (κ1) is 19.6. The standard InChI is InChI=1S/C24H27FN2O2/c1-17-6-2-4-8-21(17)24(29)26-14-12-18(13-15-26)23(28)27(20-10-11-20)16-19-7-3-5-9-22(19)25/h2-9,18,20H,10-16H2,1H3. The van der Waals surface area contributed by atoms with Gasteiger partial charge in [-0.05, 0) is 50.3 Å². The van der Waals surface area contributed by atoms with Crippen molar-refractivity contribution in [2.45, 2.75) is 45.2 Å². The summed E-state index contributed by atoms with van der Waals surface area (Å²) >= 11 is 0. The number of likely N-dealkylation sites (tertiary alicyclic amines) is 1. The number of amides is 2. The molecule has 1 saturated carbocycles. The van der Waals surface area contributed by atoms with Crippen molar-refractivity contribution in [3.63, 3.8) is 0 Å². The second-order valence-electron chi connectivity index (χ2n) is 8.17. The maximum absolute atomic E-state index is 14.1. The molecule has 0 atom stereocenters. The molecule has 1 heterocycles. The highest BCUT2D eigenvalue weighted by Crippen LogP contribution is 2.32. The molecule has 152 valence electrons. The van der Waals surface area contributed by atoms with E-state index in [1.807, 2.05) is 47.1 Å². The zero-order valence-electron chi connectivity index (χ0n) is 16.8. The molecule has 0 aromatic heterocycles. The Morgan fingerprint density at radius 2 is 1.66 bits per heavy atom. The molecule has 0 N–H and O–H groups in total. The van der Waals surface area contributed by atoms with Crippen molar-refractivity contribution in [3.8, 4) is 0 Å². The van der Waals surface area contributed by atoms with Gasteiger partial charge in [0.15, 0.2) is 0 Å². The Labute approximate surface area is 171 Å². The Balaban J connectivity index is 1.39. The highest BCUT2D eigenvalue weighted by molar-refractivity contribution is 5.95. The van der Waals surface area contributed by atoms with Crippen molar-refractivity contribution >= 4 is 11.8 Å². The van der Waals surface area contributed by atoms with Crippen molar-refractivity contribution < 1.29 is 14.0 Å². The molecular formula is C24H27FN2O2. The maximum atomic E-state index is 14.1. The van der Waals surface area contributed by atoms with Crippen molar-refractivity contribution in [1.29, 1.82) is 0 Å². The van der Waals surface area contributed by atoms with Gasteiger partial charge in [0.05, 0.1) is 0 Å². The van der Waals surface area contributed by atoms with Gasteiger partial charge in [-0.1, -0.05) is 36.4 Å². The molecule has 2 aliphatic rings. The summed E-state index contributed by atoms with van der Waals surface area (Å²) in [5.41, 5.74) is 2.27. The lowest BCUT2D eigenvalue weighted by molar-refractivity contribution is -0.138. The Bertz CT molecular complexity index is 901. The number of carbonyl (C=O) groups excluding carboxylic acids is 2. The van der Waals surface area contributed by atoms with Gasteiger partial charge in [0.2, 0.25) is 5.91 Å². The third-order valence-electron chi connectivity index (χ3n) is 6.08. The van der Waals surface area contributed by atoms with E-state index in [0.717, 1.165) is 24.0 Å². The van der Waals surface area contributed by atoms with Gasteiger partial charge in [-0.2, -0.15) is 0 Å². The van der Waals surface area contributed by atoms with Gasteiger partial charge in [0.1, 0.15) is 5.82 Å². The Morgan fingerprint density at radius 1 is 1.00 bits per heavy atom. The van der Waals surface area contributed by atoms with Crippen LogP contribution in [-0.2, 0) is 11.3 Å². The average Bonchev–Trinajstić information content (AvgIpc) is 3.58. The number of piperidine rings is 1. The van der Waals surface area contributed by atoms with Crippen molar-refractivity contribution in [3.05, 3.63) is 71.0 Å². The average molecular weight is 394 g/mol. The lowest BCUT2D eigenvalue weighted by Crippen LogP contribution is -2.45. The number of aryl methyl sites for hydroxylation is 1. The van der Waals surface area contributed by atoms with Crippen LogP contribution in [0.4, 0.5) is 4.39 Å². The number of hydrogen-bond acceptors (Lipinski definition) is 2. The number of carbonyl (C=O) groups is 2. The number of hydrogen-bond donors (Lipinski definition) is 0. The van der Waals surface area contributed by atoms with Crippen LogP contribution in [0.1, 0.15) is 47.2 Å². The van der Waals surface area contributed by atoms with E-state index in [-0.39, 0.29) is 29.6 Å². The van der Waals surface area contributed by atoms with Gasteiger partial charge in [-0.3, -0.25) is 9.59 Å². The van der Waals surface area contributed by atoms with Crippen LogP contribution >= 0.6 is 0 Å². The Kier molecular flexibility index (Phi) is 5.65. The smallest absolute Gasteiger partial charge is 0.254 e. The quantitative estimate of drug-likeness (QED) is 0.763. The van der Waals surface area contributed by atoms with Gasteiger partial charge >= 0.3 is 0 Å². The fraction of sp³-hybridized carbons (Fsp3) is 0.417. The number of rotatable bonds is 5. The molecule has 2 amide bonds. The van der Waals surface area contributed by atoms with Gasteiger partial charge < -0.3 is 9.80 Å². The predicted octanol–water partition coefficient (Wildman–Crippen LogP) is 4.18. The molecule has 0 unspecified atom stereocenters. The number of benzene rings is 2. The Morgan fingerprint density at radius 3 is 2.31 bits per heavy atom. The largest absolute Gasteiger partial charge is 0.339 e. The van der Waals surface area contributed by atoms with Crippen LogP contribution in [0.25, 0.3) is 0 Å². The predicted molar refractivity (Wildman–Crippen MR) is 110 cm³/mol. The van der Waals surface area contributed by atoms with E-state index < -0.39 is 0 Å². The minimum Gasteiger partial charge on any atom is -0.339 e.